The Morgan fingerprint density at radius 3 is 0.405 bits per heavy atom. The van der Waals surface area contributed by atoms with Crippen LogP contribution in [0.2, 0.25) is 0 Å². The third-order valence-electron chi connectivity index (χ3n) is 4.26. The summed E-state index contributed by atoms with van der Waals surface area (Å²) >= 11 is 160. The number of hydrogen-bond donors (Lipinski definition) is 2. The second-order valence-corrected chi connectivity index (χ2v) is 25.3. The molecule has 0 aliphatic carbocycles. The van der Waals surface area contributed by atoms with Gasteiger partial charge < -0.3 is 0 Å². The highest BCUT2D eigenvalue weighted by atomic mass is 35.6. The molecular weight excluding hydrogens is 1150 g/mol. The molecule has 0 saturated carbocycles. The van der Waals surface area contributed by atoms with Gasteiger partial charge in [0.1, 0.15) is 0 Å². The van der Waals surface area contributed by atoms with Crippen LogP contribution in [0, 0.1) is 0 Å². The number of hydrogen-bond acceptors (Lipinski definition) is 2. The summed E-state index contributed by atoms with van der Waals surface area (Å²) in [6.07, 6.45) is 0. The summed E-state index contributed by atoms with van der Waals surface area (Å²) < 4.78 is -13.4. The Hall–Kier alpha value is 7.45. The first-order chi connectivity index (χ1) is 17.5. The van der Waals surface area contributed by atoms with Gasteiger partial charge in [-0.15, -0.1) is 0 Å². The van der Waals surface area contributed by atoms with Crippen molar-refractivity contribution >= 4 is 313 Å². The summed E-state index contributed by atoms with van der Waals surface area (Å²) in [6, 6.07) is 0. The van der Waals surface area contributed by atoms with E-state index in [1.165, 1.54) is 0 Å². The minimum atomic E-state index is -3.37. The van der Waals surface area contributed by atoms with Gasteiger partial charge in [-0.1, -0.05) is 302 Å². The van der Waals surface area contributed by atoms with E-state index in [-0.39, 0.29) is 0 Å². The number of rotatable bonds is 9. The number of alkyl halides is 26. The van der Waals surface area contributed by atoms with Crippen LogP contribution in [-0.4, -0.2) is 63.9 Å². The molecule has 0 saturated heterocycles. The van der Waals surface area contributed by atoms with E-state index in [0.29, 0.717) is 0 Å². The fraction of sp³-hybridized carbons (Fsp3) is 1.00. The summed E-state index contributed by atoms with van der Waals surface area (Å²) in [4.78, 5) is 0. The van der Waals surface area contributed by atoms with E-state index >= 15 is 0 Å². The second-order valence-electron chi connectivity index (χ2n) is 6.98. The minimum absolute atomic E-state index is 2.75. The molecular formula is C12H2Cl26O3S. The highest BCUT2D eigenvalue weighted by molar-refractivity contribution is 7.66. The van der Waals surface area contributed by atoms with Gasteiger partial charge >= 0.3 is 0 Å². The van der Waals surface area contributed by atoms with Gasteiger partial charge in [0.25, 0.3) is 11.0 Å². The van der Waals surface area contributed by atoms with Crippen molar-refractivity contribution in [3.8, 4) is 0 Å². The molecule has 0 aromatic carbocycles. The standard InChI is InChI=1S/C12Cl26.H2O3S/c13-1(14,3(17,18)5(21,22)7(25,26)9(29,30)11(33,34)35)2(15,16)4(19,20)6(23,24)8(27,28)10(31,32)12(36,37)38;1-4(2)3/h;4H,(H,1,2,3). The topological polar surface area (TPSA) is 54.4 Å². The van der Waals surface area contributed by atoms with Crippen LogP contribution in [0.4, 0.5) is 0 Å². The summed E-state index contributed by atoms with van der Waals surface area (Å²) in [7, 11) is -3.12. The van der Waals surface area contributed by atoms with Crippen LogP contribution in [0.3, 0.4) is 0 Å². The molecule has 256 valence electrons. The lowest BCUT2D eigenvalue weighted by Crippen LogP contribution is -2.74. The van der Waals surface area contributed by atoms with Crippen LogP contribution in [-0.2, 0) is 11.0 Å². The van der Waals surface area contributed by atoms with E-state index in [9.17, 15) is 0 Å². The molecule has 0 aromatic rings. The van der Waals surface area contributed by atoms with E-state index in [0.717, 1.165) is 0 Å². The van der Waals surface area contributed by atoms with Crippen molar-refractivity contribution in [3.05, 3.63) is 0 Å². The Bertz CT molecular complexity index is 950. The lowest BCUT2D eigenvalue weighted by atomic mass is 9.99. The van der Waals surface area contributed by atoms with E-state index < -0.39 is 61.9 Å². The van der Waals surface area contributed by atoms with E-state index in [4.69, 9.17) is 315 Å². The fourth-order valence-electron chi connectivity index (χ4n) is 1.93. The Morgan fingerprint density at radius 2 is 0.333 bits per heavy atom. The number of thiol groups is 1. The molecule has 3 nitrogen and oxygen atoms in total. The summed E-state index contributed by atoms with van der Waals surface area (Å²) in [6.45, 7) is 0. The zero-order valence-electron chi connectivity index (χ0n) is 17.5. The molecule has 0 spiro atoms. The van der Waals surface area contributed by atoms with Gasteiger partial charge in [0, 0.05) is 0 Å². The molecule has 0 fully saturated rings. The first-order valence-corrected chi connectivity index (χ1v) is 19.2. The van der Waals surface area contributed by atoms with Gasteiger partial charge in [-0.2, -0.15) is 0 Å². The van der Waals surface area contributed by atoms with Crippen molar-refractivity contribution in [1.29, 1.82) is 0 Å². The lowest BCUT2D eigenvalue weighted by Gasteiger charge is -2.57. The van der Waals surface area contributed by atoms with Crippen LogP contribution in [0.1, 0.15) is 0 Å². The van der Waals surface area contributed by atoms with Gasteiger partial charge in [0.05, 0.1) is 0 Å². The second kappa shape index (κ2) is 16.0. The predicted octanol–water partition coefficient (Wildman–Crippen LogP) is 14.5. The summed E-state index contributed by atoms with van der Waals surface area (Å²) in [5.41, 5.74) is 0. The van der Waals surface area contributed by atoms with E-state index in [2.05, 4.69) is 0 Å². The van der Waals surface area contributed by atoms with Gasteiger partial charge in [-0.3, -0.25) is 4.55 Å². The average molecular weight is 1150 g/mol. The molecule has 1 N–H and O–H groups in total. The molecule has 0 unspecified atom stereocenters. The quantitative estimate of drug-likeness (QED) is 0.137. The molecule has 0 aromatic heterocycles. The number of halogens is 26. The van der Waals surface area contributed by atoms with Crippen LogP contribution in [0.15, 0.2) is 0 Å². The van der Waals surface area contributed by atoms with Crippen molar-refractivity contribution in [2.45, 2.75) is 50.9 Å². The maximum Gasteiger partial charge on any atom is 0.254 e. The first kappa shape index (κ1) is 51.6. The molecule has 0 atom stereocenters. The average Bonchev–Trinajstić information content (AvgIpc) is 2.70. The molecule has 0 bridgehead atoms. The van der Waals surface area contributed by atoms with Gasteiger partial charge in [-0.25, -0.2) is 8.42 Å². The normalized spacial score (nSPS) is 16.4. The molecule has 0 heterocycles. The Morgan fingerprint density at radius 1 is 0.262 bits per heavy atom. The minimum Gasteiger partial charge on any atom is -0.288 e. The predicted molar refractivity (Wildman–Crippen MR) is 198 cm³/mol. The molecule has 0 rings (SSSR count). The molecule has 0 aliphatic rings. The van der Waals surface area contributed by atoms with E-state index in [1.807, 2.05) is 0 Å². The van der Waals surface area contributed by atoms with Crippen molar-refractivity contribution in [2.75, 3.05) is 0 Å². The highest BCUT2D eigenvalue weighted by Gasteiger charge is 2.85. The largest absolute Gasteiger partial charge is 0.288 e. The maximum absolute atomic E-state index is 8.59. The molecule has 0 aliphatic heterocycles. The fourth-order valence-corrected chi connectivity index (χ4v) is 10.0. The van der Waals surface area contributed by atoms with Gasteiger partial charge in [0.2, 0.25) is 16.3 Å². The zero-order valence-corrected chi connectivity index (χ0v) is 38.1. The van der Waals surface area contributed by atoms with Crippen LogP contribution in [0.25, 0.3) is 0 Å². The Kier molecular flexibility index (Phi) is 19.7. The van der Waals surface area contributed by atoms with Crippen molar-refractivity contribution in [2.24, 2.45) is 0 Å². The van der Waals surface area contributed by atoms with Crippen LogP contribution in [0.5, 0.6) is 0 Å². The molecule has 42 heavy (non-hydrogen) atoms. The summed E-state index contributed by atoms with van der Waals surface area (Å²) in [5, 5.41) is 0. The first-order valence-electron chi connectivity index (χ1n) is 8.23. The maximum atomic E-state index is 8.59. The third kappa shape index (κ3) is 9.03. The zero-order chi connectivity index (χ0) is 35.6. The van der Waals surface area contributed by atoms with Crippen LogP contribution >= 0.6 is 302 Å². The Balaban J connectivity index is 0. The van der Waals surface area contributed by atoms with Crippen molar-refractivity contribution in [1.82, 2.24) is 0 Å². The van der Waals surface area contributed by atoms with Crippen molar-refractivity contribution in [3.63, 3.8) is 0 Å². The van der Waals surface area contributed by atoms with Gasteiger partial charge in [0.15, 0.2) is 34.7 Å². The van der Waals surface area contributed by atoms with Gasteiger partial charge in [-0.05, 0) is 0 Å². The lowest BCUT2D eigenvalue weighted by molar-refractivity contribution is 0.419. The molecule has 0 amide bonds. The molecule has 0 radical (unpaired) electrons. The molecule has 30 heteroatoms. The SMILES string of the molecule is ClC(Cl)(Cl)C(Cl)(Cl)C(Cl)(Cl)C(Cl)(Cl)C(Cl)(Cl)C(Cl)(Cl)C(Cl)(Cl)C(Cl)(Cl)C(Cl)(Cl)C(Cl)(Cl)C(Cl)(Cl)C(Cl)(Cl)Cl.O=[SH](=O)O. The highest BCUT2D eigenvalue weighted by Crippen LogP contribution is 2.76. The van der Waals surface area contributed by atoms with E-state index in [1.54, 1.807) is 0 Å². The smallest absolute Gasteiger partial charge is 0.254 e. The van der Waals surface area contributed by atoms with Crippen LogP contribution < -0.4 is 0 Å². The third-order valence-corrected chi connectivity index (χ3v) is 21.9. The summed E-state index contributed by atoms with van der Waals surface area (Å²) in [5.74, 6) is 0. The van der Waals surface area contributed by atoms with Crippen molar-refractivity contribution < 1.29 is 13.0 Å². The monoisotopic (exact) mass is 1140 g/mol. The Labute approximate surface area is 370 Å².